The predicted octanol–water partition coefficient (Wildman–Crippen LogP) is 4.62. The lowest BCUT2D eigenvalue weighted by Gasteiger charge is -2.09. The number of nitrogens with zero attached hydrogens (tertiary/aromatic N) is 1. The zero-order valence-electron chi connectivity index (χ0n) is 15.5. The molecule has 8 heteroatoms. The van der Waals surface area contributed by atoms with Crippen LogP contribution in [-0.2, 0) is 0 Å². The fourth-order valence-corrected chi connectivity index (χ4v) is 2.53. The van der Waals surface area contributed by atoms with Gasteiger partial charge in [-0.05, 0) is 61.4 Å². The Morgan fingerprint density at radius 3 is 2.31 bits per heavy atom. The predicted molar refractivity (Wildman–Crippen MR) is 102 cm³/mol. The number of hydrogen-bond donors (Lipinski definition) is 2. The number of amides is 2. The lowest BCUT2D eigenvalue weighted by Crippen LogP contribution is -2.17. The monoisotopic (exact) mass is 399 g/mol. The molecule has 0 saturated heterocycles. The van der Waals surface area contributed by atoms with Crippen LogP contribution >= 0.6 is 0 Å². The molecule has 0 spiro atoms. The van der Waals surface area contributed by atoms with Gasteiger partial charge in [-0.1, -0.05) is 6.07 Å². The van der Waals surface area contributed by atoms with Gasteiger partial charge in [-0.15, -0.1) is 0 Å². The number of halogens is 3. The molecule has 148 valence electrons. The first-order valence-electron chi connectivity index (χ1n) is 8.56. The van der Waals surface area contributed by atoms with Gasteiger partial charge in [-0.2, -0.15) is 0 Å². The van der Waals surface area contributed by atoms with E-state index in [4.69, 9.17) is 0 Å². The highest BCUT2D eigenvalue weighted by atomic mass is 19.2. The molecule has 2 N–H and O–H groups in total. The molecule has 1 heterocycles. The summed E-state index contributed by atoms with van der Waals surface area (Å²) in [6.45, 7) is 3.85. The highest BCUT2D eigenvalue weighted by molar-refractivity contribution is 6.07. The molecule has 5 nitrogen and oxygen atoms in total. The second-order valence-corrected chi connectivity index (χ2v) is 6.36. The van der Waals surface area contributed by atoms with E-state index < -0.39 is 35.0 Å². The van der Waals surface area contributed by atoms with Crippen LogP contribution in [0.2, 0.25) is 0 Å². The van der Waals surface area contributed by atoms with Crippen molar-refractivity contribution in [2.24, 2.45) is 0 Å². The Hall–Kier alpha value is -3.68. The molecule has 0 aliphatic carbocycles. The Morgan fingerprint density at radius 2 is 1.59 bits per heavy atom. The highest BCUT2D eigenvalue weighted by Gasteiger charge is 2.17. The van der Waals surface area contributed by atoms with E-state index >= 15 is 0 Å². The van der Waals surface area contributed by atoms with Crippen molar-refractivity contribution in [1.29, 1.82) is 0 Å². The molecule has 1 aromatic heterocycles. The van der Waals surface area contributed by atoms with Crippen molar-refractivity contribution in [1.82, 2.24) is 4.98 Å². The second-order valence-electron chi connectivity index (χ2n) is 6.36. The van der Waals surface area contributed by atoms with E-state index in [2.05, 4.69) is 15.6 Å². The summed E-state index contributed by atoms with van der Waals surface area (Å²) in [6.07, 6.45) is 1.24. The number of benzene rings is 2. The van der Waals surface area contributed by atoms with Crippen molar-refractivity contribution >= 4 is 23.2 Å². The van der Waals surface area contributed by atoms with Crippen LogP contribution in [0.4, 0.5) is 24.5 Å². The van der Waals surface area contributed by atoms with Gasteiger partial charge in [-0.25, -0.2) is 13.2 Å². The van der Waals surface area contributed by atoms with E-state index in [0.29, 0.717) is 11.8 Å². The Morgan fingerprint density at radius 1 is 0.828 bits per heavy atom. The number of carbonyl (C=O) groups is 2. The number of hydrogen-bond acceptors (Lipinski definition) is 3. The maximum atomic E-state index is 13.7. The van der Waals surface area contributed by atoms with E-state index in [1.54, 1.807) is 12.1 Å². The minimum atomic E-state index is -1.69. The third kappa shape index (κ3) is 4.43. The molecule has 2 amide bonds. The number of carbonyl (C=O) groups excluding carboxylic acids is 2. The van der Waals surface area contributed by atoms with E-state index in [1.807, 2.05) is 19.9 Å². The Labute approximate surface area is 164 Å². The molecule has 0 aliphatic rings. The van der Waals surface area contributed by atoms with Gasteiger partial charge in [0.2, 0.25) is 0 Å². The zero-order chi connectivity index (χ0) is 21.1. The lowest BCUT2D eigenvalue weighted by molar-refractivity contribution is 0.102. The summed E-state index contributed by atoms with van der Waals surface area (Å²) in [5, 5.41) is 4.82. The molecule has 3 rings (SSSR count). The van der Waals surface area contributed by atoms with Gasteiger partial charge in [0, 0.05) is 17.4 Å². The maximum Gasteiger partial charge on any atom is 0.274 e. The van der Waals surface area contributed by atoms with Gasteiger partial charge >= 0.3 is 0 Å². The van der Waals surface area contributed by atoms with Crippen molar-refractivity contribution in [2.75, 3.05) is 10.6 Å². The summed E-state index contributed by atoms with van der Waals surface area (Å²) in [4.78, 5) is 28.7. The van der Waals surface area contributed by atoms with Crippen LogP contribution in [-0.4, -0.2) is 16.8 Å². The largest absolute Gasteiger partial charge is 0.321 e. The molecule has 29 heavy (non-hydrogen) atoms. The average Bonchev–Trinajstić information content (AvgIpc) is 2.71. The van der Waals surface area contributed by atoms with Gasteiger partial charge in [-0.3, -0.25) is 14.6 Å². The SMILES string of the molecule is Cc1ccc(NC(=O)c2cc(C(=O)Nc3ccc(F)c(F)c3F)ccn2)cc1C. The van der Waals surface area contributed by atoms with Crippen LogP contribution < -0.4 is 10.6 Å². The van der Waals surface area contributed by atoms with E-state index in [-0.39, 0.29) is 11.3 Å². The number of rotatable bonds is 4. The Balaban J connectivity index is 1.78. The number of anilines is 2. The van der Waals surface area contributed by atoms with Gasteiger partial charge in [0.25, 0.3) is 11.8 Å². The summed E-state index contributed by atoms with van der Waals surface area (Å²) in [7, 11) is 0. The average molecular weight is 399 g/mol. The van der Waals surface area contributed by atoms with Crippen LogP contribution in [0.5, 0.6) is 0 Å². The first-order valence-corrected chi connectivity index (χ1v) is 8.56. The molecule has 0 unspecified atom stereocenters. The lowest BCUT2D eigenvalue weighted by atomic mass is 10.1. The fraction of sp³-hybridized carbons (Fsp3) is 0.0952. The second kappa shape index (κ2) is 8.14. The van der Waals surface area contributed by atoms with Crippen molar-refractivity contribution in [2.45, 2.75) is 13.8 Å². The topological polar surface area (TPSA) is 71.1 Å². The van der Waals surface area contributed by atoms with Crippen LogP contribution in [0.3, 0.4) is 0 Å². The number of pyridine rings is 1. The summed E-state index contributed by atoms with van der Waals surface area (Å²) >= 11 is 0. The smallest absolute Gasteiger partial charge is 0.274 e. The summed E-state index contributed by atoms with van der Waals surface area (Å²) in [5.74, 6) is -5.92. The van der Waals surface area contributed by atoms with Crippen LogP contribution in [0.15, 0.2) is 48.7 Å². The van der Waals surface area contributed by atoms with E-state index in [9.17, 15) is 22.8 Å². The molecule has 3 aromatic rings. The molecule has 0 aliphatic heterocycles. The number of nitrogens with one attached hydrogen (secondary N) is 2. The first kappa shape index (κ1) is 20.1. The Bertz CT molecular complexity index is 1120. The van der Waals surface area contributed by atoms with Gasteiger partial charge in [0.05, 0.1) is 5.69 Å². The molecule has 0 saturated carbocycles. The number of aromatic nitrogens is 1. The van der Waals surface area contributed by atoms with E-state index in [1.165, 1.54) is 18.3 Å². The molecule has 2 aromatic carbocycles. The highest BCUT2D eigenvalue weighted by Crippen LogP contribution is 2.20. The third-order valence-electron chi connectivity index (χ3n) is 4.30. The Kier molecular flexibility index (Phi) is 5.63. The van der Waals surface area contributed by atoms with Gasteiger partial charge in [0.15, 0.2) is 17.5 Å². The van der Waals surface area contributed by atoms with Crippen LogP contribution in [0, 0.1) is 31.3 Å². The minimum absolute atomic E-state index is 0.00521. The standard InChI is InChI=1S/C21H16F3N3O2/c1-11-3-4-14(9-12(11)2)26-21(29)17-10-13(7-8-25-17)20(28)27-16-6-5-15(22)18(23)19(16)24/h3-10H,1-2H3,(H,26,29)(H,27,28). The molecule has 0 radical (unpaired) electrons. The molecule has 0 atom stereocenters. The number of aryl methyl sites for hydroxylation is 2. The van der Waals surface area contributed by atoms with Crippen molar-refractivity contribution in [3.8, 4) is 0 Å². The summed E-state index contributed by atoms with van der Waals surface area (Å²) in [5.41, 5.74) is 2.07. The van der Waals surface area contributed by atoms with Gasteiger partial charge in [0.1, 0.15) is 5.69 Å². The van der Waals surface area contributed by atoms with E-state index in [0.717, 1.165) is 17.2 Å². The minimum Gasteiger partial charge on any atom is -0.321 e. The molecule has 0 bridgehead atoms. The van der Waals surface area contributed by atoms with Crippen LogP contribution in [0.1, 0.15) is 32.0 Å². The quantitative estimate of drug-likeness (QED) is 0.629. The molecular weight excluding hydrogens is 383 g/mol. The normalized spacial score (nSPS) is 10.5. The third-order valence-corrected chi connectivity index (χ3v) is 4.30. The van der Waals surface area contributed by atoms with Gasteiger partial charge < -0.3 is 10.6 Å². The summed E-state index contributed by atoms with van der Waals surface area (Å²) in [6, 6.07) is 9.52. The first-order chi connectivity index (χ1) is 13.8. The molecule has 0 fully saturated rings. The van der Waals surface area contributed by atoms with Crippen molar-refractivity contribution in [3.05, 3.63) is 88.5 Å². The molecular formula is C21H16F3N3O2. The maximum absolute atomic E-state index is 13.7. The van der Waals surface area contributed by atoms with Crippen molar-refractivity contribution < 1.29 is 22.8 Å². The zero-order valence-corrected chi connectivity index (χ0v) is 15.5. The van der Waals surface area contributed by atoms with Crippen LogP contribution in [0.25, 0.3) is 0 Å². The summed E-state index contributed by atoms with van der Waals surface area (Å²) < 4.78 is 40.1. The fourth-order valence-electron chi connectivity index (χ4n) is 2.53. The van der Waals surface area contributed by atoms with Crippen molar-refractivity contribution in [3.63, 3.8) is 0 Å².